The van der Waals surface area contributed by atoms with E-state index < -0.39 is 86.8 Å². The van der Waals surface area contributed by atoms with Crippen molar-refractivity contribution < 1.29 is 64.6 Å². The number of allylic oxidation sites excluding steroid dienone is 1. The van der Waals surface area contributed by atoms with E-state index in [9.17, 15) is 45.6 Å². The number of aliphatic hydroxyl groups excluding tert-OH is 8. The summed E-state index contributed by atoms with van der Waals surface area (Å²) < 4.78 is 22.8. The van der Waals surface area contributed by atoms with Crippen LogP contribution in [0.3, 0.4) is 0 Å². The predicted molar refractivity (Wildman–Crippen MR) is 309 cm³/mol. The van der Waals surface area contributed by atoms with Gasteiger partial charge in [-0.05, 0) is 19.3 Å². The third-order valence-electron chi connectivity index (χ3n) is 16.2. The first-order valence-electron chi connectivity index (χ1n) is 32.4. The molecule has 2 saturated heterocycles. The molecule has 0 radical (unpaired) electrons. The normalized spacial score (nSPS) is 24.7. The smallest absolute Gasteiger partial charge is 0.220 e. The van der Waals surface area contributed by atoms with Crippen LogP contribution in [0.4, 0.5) is 0 Å². The number of carbonyl (C=O) groups is 1. The highest BCUT2D eigenvalue weighted by Crippen LogP contribution is 2.30. The second-order valence-corrected chi connectivity index (χ2v) is 23.3. The summed E-state index contributed by atoms with van der Waals surface area (Å²) in [5, 5.41) is 87.0. The van der Waals surface area contributed by atoms with Gasteiger partial charge in [-0.15, -0.1) is 0 Å². The average Bonchev–Trinajstić information content (AvgIpc) is 3.44. The Morgan fingerprint density at radius 1 is 0.455 bits per heavy atom. The molecule has 14 heteroatoms. The largest absolute Gasteiger partial charge is 0.394 e. The van der Waals surface area contributed by atoms with Crippen molar-refractivity contribution in [3.63, 3.8) is 0 Å². The minimum Gasteiger partial charge on any atom is -0.394 e. The van der Waals surface area contributed by atoms with Gasteiger partial charge >= 0.3 is 0 Å². The van der Waals surface area contributed by atoms with Crippen LogP contribution in [0.1, 0.15) is 290 Å². The maximum atomic E-state index is 13.2. The van der Waals surface area contributed by atoms with Crippen LogP contribution < -0.4 is 5.32 Å². The molecule has 0 aromatic carbocycles. The monoisotopic (exact) mass is 1100 g/mol. The number of amides is 1. The van der Waals surface area contributed by atoms with Crippen LogP contribution in [-0.4, -0.2) is 140 Å². The maximum Gasteiger partial charge on any atom is 0.220 e. The SMILES string of the molecule is CCCCCCCCCCC/C=C/[C@@H](O)[C@H](CO[C@@H]1O[C@H](CO)[C@@H](O[C@@H]2O[C@H](CO)[C@H](O)C(O)C2O)C(O)C1O)NC(=O)CCCCCCCCCCCCCCCCCCCCCCCCCCCCCCCCCC. The van der Waals surface area contributed by atoms with E-state index in [0.717, 1.165) is 38.5 Å². The van der Waals surface area contributed by atoms with Gasteiger partial charge in [-0.1, -0.05) is 276 Å². The number of unbranched alkanes of at least 4 members (excludes halogenated alkanes) is 40. The second kappa shape index (κ2) is 49.3. The average molecular weight is 1100 g/mol. The summed E-state index contributed by atoms with van der Waals surface area (Å²) in [5.41, 5.74) is 0. The Morgan fingerprint density at radius 3 is 1.19 bits per heavy atom. The second-order valence-electron chi connectivity index (χ2n) is 23.3. The minimum atomic E-state index is -1.78. The molecule has 0 aliphatic carbocycles. The van der Waals surface area contributed by atoms with Crippen molar-refractivity contribution in [3.8, 4) is 0 Å². The molecule has 456 valence electrons. The lowest BCUT2D eigenvalue weighted by Crippen LogP contribution is -2.65. The van der Waals surface area contributed by atoms with Gasteiger partial charge in [-0.25, -0.2) is 0 Å². The summed E-state index contributed by atoms with van der Waals surface area (Å²) in [7, 11) is 0. The number of hydrogen-bond acceptors (Lipinski definition) is 13. The summed E-state index contributed by atoms with van der Waals surface area (Å²) in [4.78, 5) is 13.2. The molecule has 77 heavy (non-hydrogen) atoms. The standard InChI is InChI=1S/C63H121NO13/c1-3-5-7-9-11-13-15-16-17-18-19-20-21-22-23-24-25-26-27-28-29-30-31-32-33-34-35-37-39-41-43-45-47-55(68)64-51(52(67)46-44-42-40-38-36-14-12-10-8-6-4-2)50-74-62-60(73)58(71)61(54(49-66)76-62)77-63-59(72)57(70)56(69)53(48-65)75-63/h44,46,51-54,56-63,65-67,69-73H,3-43,45,47-50H2,1-2H3,(H,64,68)/b46-44+/t51-,52+,53+,54+,56-,57?,58?,59?,60?,61+,62+,63-/m0/s1. The van der Waals surface area contributed by atoms with Gasteiger partial charge in [0.15, 0.2) is 12.6 Å². The van der Waals surface area contributed by atoms with E-state index in [1.807, 2.05) is 6.08 Å². The Labute approximate surface area is 469 Å². The van der Waals surface area contributed by atoms with Crippen molar-refractivity contribution >= 4 is 5.91 Å². The lowest BCUT2D eigenvalue weighted by molar-refractivity contribution is -0.359. The van der Waals surface area contributed by atoms with Crippen LogP contribution >= 0.6 is 0 Å². The van der Waals surface area contributed by atoms with Crippen LogP contribution in [0, 0.1) is 0 Å². The van der Waals surface area contributed by atoms with Crippen molar-refractivity contribution in [3.05, 3.63) is 12.2 Å². The van der Waals surface area contributed by atoms with Gasteiger partial charge in [0.05, 0.1) is 32.0 Å². The lowest BCUT2D eigenvalue weighted by Gasteiger charge is -2.46. The van der Waals surface area contributed by atoms with Crippen molar-refractivity contribution in [1.29, 1.82) is 0 Å². The van der Waals surface area contributed by atoms with E-state index in [-0.39, 0.29) is 18.9 Å². The Bertz CT molecular complexity index is 1340. The summed E-state index contributed by atoms with van der Waals surface area (Å²) in [5.74, 6) is -0.234. The molecule has 0 aromatic heterocycles. The van der Waals surface area contributed by atoms with Crippen LogP contribution in [0.15, 0.2) is 12.2 Å². The van der Waals surface area contributed by atoms with Crippen molar-refractivity contribution in [2.45, 2.75) is 364 Å². The van der Waals surface area contributed by atoms with Gasteiger partial charge in [-0.3, -0.25) is 4.79 Å². The molecule has 2 heterocycles. The van der Waals surface area contributed by atoms with Gasteiger partial charge in [0, 0.05) is 6.42 Å². The lowest BCUT2D eigenvalue weighted by atomic mass is 9.97. The predicted octanol–water partition coefficient (Wildman–Crippen LogP) is 11.8. The molecule has 2 aliphatic rings. The van der Waals surface area contributed by atoms with Gasteiger partial charge in [-0.2, -0.15) is 0 Å². The van der Waals surface area contributed by atoms with E-state index in [4.69, 9.17) is 18.9 Å². The van der Waals surface area contributed by atoms with Gasteiger partial charge in [0.2, 0.25) is 5.91 Å². The molecule has 2 aliphatic heterocycles. The topological polar surface area (TPSA) is 228 Å². The van der Waals surface area contributed by atoms with Crippen LogP contribution in [0.25, 0.3) is 0 Å². The minimum absolute atomic E-state index is 0.234. The first-order chi connectivity index (χ1) is 37.6. The molecule has 2 fully saturated rings. The highest BCUT2D eigenvalue weighted by molar-refractivity contribution is 5.76. The fraction of sp³-hybridized carbons (Fsp3) is 0.952. The van der Waals surface area contributed by atoms with Crippen LogP contribution in [-0.2, 0) is 23.7 Å². The van der Waals surface area contributed by atoms with E-state index in [2.05, 4.69) is 19.2 Å². The third-order valence-corrected chi connectivity index (χ3v) is 16.2. The quantitative estimate of drug-likeness (QED) is 0.0204. The highest BCUT2D eigenvalue weighted by atomic mass is 16.7. The molecule has 14 nitrogen and oxygen atoms in total. The summed E-state index contributed by atoms with van der Waals surface area (Å²) in [6, 6.07) is -0.909. The number of aliphatic hydroxyl groups is 8. The van der Waals surface area contributed by atoms with Crippen LogP contribution in [0.2, 0.25) is 0 Å². The zero-order valence-electron chi connectivity index (χ0n) is 49.2. The molecule has 0 saturated carbocycles. The van der Waals surface area contributed by atoms with E-state index in [0.29, 0.717) is 6.42 Å². The fourth-order valence-electron chi connectivity index (χ4n) is 11.0. The Balaban J connectivity index is 1.60. The molecule has 2 rings (SSSR count). The zero-order valence-corrected chi connectivity index (χ0v) is 49.2. The molecule has 0 spiro atoms. The molecular weight excluding hydrogens is 979 g/mol. The zero-order chi connectivity index (χ0) is 56.0. The number of ether oxygens (including phenoxy) is 4. The summed E-state index contributed by atoms with van der Waals surface area (Å²) >= 11 is 0. The molecular formula is C63H121NO13. The number of nitrogens with one attached hydrogen (secondary N) is 1. The summed E-state index contributed by atoms with van der Waals surface area (Å²) in [6.45, 7) is 2.81. The first kappa shape index (κ1) is 71.8. The number of rotatable bonds is 53. The van der Waals surface area contributed by atoms with Crippen molar-refractivity contribution in [1.82, 2.24) is 5.32 Å². The highest BCUT2D eigenvalue weighted by Gasteiger charge is 2.51. The Morgan fingerprint density at radius 2 is 0.805 bits per heavy atom. The summed E-state index contributed by atoms with van der Waals surface area (Å²) in [6.07, 6.45) is 41.5. The fourth-order valence-corrected chi connectivity index (χ4v) is 11.0. The molecule has 9 N–H and O–H groups in total. The number of carbonyl (C=O) groups excluding carboxylic acids is 1. The van der Waals surface area contributed by atoms with Crippen LogP contribution in [0.5, 0.6) is 0 Å². The van der Waals surface area contributed by atoms with Crippen molar-refractivity contribution in [2.75, 3.05) is 19.8 Å². The Kier molecular flexibility index (Phi) is 46.0. The Hall–Kier alpha value is -1.27. The van der Waals surface area contributed by atoms with Gasteiger partial charge in [0.25, 0.3) is 0 Å². The third kappa shape index (κ3) is 34.7. The molecule has 0 aromatic rings. The number of hydrogen-bond donors (Lipinski definition) is 9. The van der Waals surface area contributed by atoms with E-state index >= 15 is 0 Å². The van der Waals surface area contributed by atoms with E-state index in [1.165, 1.54) is 225 Å². The molecule has 1 amide bonds. The maximum absolute atomic E-state index is 13.2. The first-order valence-corrected chi connectivity index (χ1v) is 32.4. The van der Waals surface area contributed by atoms with Gasteiger partial charge < -0.3 is 65.1 Å². The van der Waals surface area contributed by atoms with E-state index in [1.54, 1.807) is 6.08 Å². The molecule has 4 unspecified atom stereocenters. The van der Waals surface area contributed by atoms with Gasteiger partial charge in [0.1, 0.15) is 48.8 Å². The van der Waals surface area contributed by atoms with Crippen molar-refractivity contribution in [2.24, 2.45) is 0 Å². The molecule has 0 bridgehead atoms. The molecule has 12 atom stereocenters.